The van der Waals surface area contributed by atoms with Crippen molar-refractivity contribution in [1.82, 2.24) is 0 Å². The van der Waals surface area contributed by atoms with Crippen LogP contribution in [-0.2, 0) is 4.79 Å². The van der Waals surface area contributed by atoms with Gasteiger partial charge < -0.3 is 11.5 Å². The van der Waals surface area contributed by atoms with Crippen molar-refractivity contribution in [3.63, 3.8) is 0 Å². The van der Waals surface area contributed by atoms with E-state index in [9.17, 15) is 4.79 Å². The Morgan fingerprint density at radius 1 is 1.55 bits per heavy atom. The summed E-state index contributed by atoms with van der Waals surface area (Å²) in [7, 11) is 0. The van der Waals surface area contributed by atoms with E-state index in [0.29, 0.717) is 12.1 Å². The average molecular weight is 154 g/mol. The fourth-order valence-electron chi connectivity index (χ4n) is 0.666. The van der Waals surface area contributed by atoms with Crippen LogP contribution in [0.15, 0.2) is 23.8 Å². The Kier molecular flexibility index (Phi) is 5.11. The summed E-state index contributed by atoms with van der Waals surface area (Å²) in [5.74, 6) is -0.406. The molecule has 62 valence electrons. The van der Waals surface area contributed by atoms with Crippen LogP contribution in [0, 0.1) is 0 Å². The van der Waals surface area contributed by atoms with Gasteiger partial charge in [0.25, 0.3) is 0 Å². The molecule has 0 aliphatic rings. The van der Waals surface area contributed by atoms with Gasteiger partial charge in [0.15, 0.2) is 0 Å². The molecular formula is C8H14N2O. The Labute approximate surface area is 66.8 Å². The van der Waals surface area contributed by atoms with Crippen molar-refractivity contribution in [3.05, 3.63) is 23.8 Å². The topological polar surface area (TPSA) is 69.1 Å². The molecule has 3 nitrogen and oxygen atoms in total. The molecule has 4 N–H and O–H groups in total. The van der Waals surface area contributed by atoms with Gasteiger partial charge in [-0.2, -0.15) is 0 Å². The predicted molar refractivity (Wildman–Crippen MR) is 45.8 cm³/mol. The zero-order chi connectivity index (χ0) is 8.69. The summed E-state index contributed by atoms with van der Waals surface area (Å²) in [5, 5.41) is 0. The number of primary amides is 1. The van der Waals surface area contributed by atoms with Gasteiger partial charge in [0.1, 0.15) is 0 Å². The fourth-order valence-corrected chi connectivity index (χ4v) is 0.666. The Morgan fingerprint density at radius 2 is 2.18 bits per heavy atom. The first-order valence-corrected chi connectivity index (χ1v) is 3.59. The van der Waals surface area contributed by atoms with Crippen molar-refractivity contribution in [2.45, 2.75) is 13.3 Å². The lowest BCUT2D eigenvalue weighted by atomic mass is 10.2. The van der Waals surface area contributed by atoms with Crippen LogP contribution < -0.4 is 11.5 Å². The molecule has 0 saturated carbocycles. The van der Waals surface area contributed by atoms with Crippen LogP contribution in [0.4, 0.5) is 0 Å². The summed E-state index contributed by atoms with van der Waals surface area (Å²) in [6, 6.07) is 0. The maximum absolute atomic E-state index is 10.7. The van der Waals surface area contributed by atoms with E-state index >= 15 is 0 Å². The largest absolute Gasteiger partial charge is 0.366 e. The minimum Gasteiger partial charge on any atom is -0.366 e. The van der Waals surface area contributed by atoms with Crippen LogP contribution in [0.3, 0.4) is 0 Å². The summed E-state index contributed by atoms with van der Waals surface area (Å²) in [6.45, 7) is 2.37. The summed E-state index contributed by atoms with van der Waals surface area (Å²) < 4.78 is 0. The molecule has 0 radical (unpaired) electrons. The van der Waals surface area contributed by atoms with Crippen LogP contribution in [-0.4, -0.2) is 12.5 Å². The lowest BCUT2D eigenvalue weighted by Gasteiger charge is -1.93. The molecule has 0 aromatic heterocycles. The lowest BCUT2D eigenvalue weighted by molar-refractivity contribution is -0.114. The summed E-state index contributed by atoms with van der Waals surface area (Å²) >= 11 is 0. The molecule has 0 rings (SSSR count). The third-order valence-corrected chi connectivity index (χ3v) is 1.14. The highest BCUT2D eigenvalue weighted by atomic mass is 16.1. The van der Waals surface area contributed by atoms with E-state index in [1.165, 1.54) is 0 Å². The zero-order valence-electron chi connectivity index (χ0n) is 6.71. The number of hydrogen-bond acceptors (Lipinski definition) is 2. The number of carbonyl (C=O) groups excluding carboxylic acids is 1. The van der Waals surface area contributed by atoms with Gasteiger partial charge in [0, 0.05) is 12.1 Å². The molecule has 11 heavy (non-hydrogen) atoms. The quantitative estimate of drug-likeness (QED) is 0.452. The van der Waals surface area contributed by atoms with Crippen molar-refractivity contribution in [2.24, 2.45) is 11.5 Å². The molecule has 0 aliphatic carbocycles. The number of carbonyl (C=O) groups is 1. The minimum atomic E-state index is -0.406. The summed E-state index contributed by atoms with van der Waals surface area (Å²) in [4.78, 5) is 10.7. The van der Waals surface area contributed by atoms with E-state index < -0.39 is 5.91 Å². The van der Waals surface area contributed by atoms with Gasteiger partial charge >= 0.3 is 0 Å². The van der Waals surface area contributed by atoms with Crippen LogP contribution >= 0.6 is 0 Å². The number of hydrogen-bond donors (Lipinski definition) is 2. The number of rotatable bonds is 4. The molecule has 0 heterocycles. The molecule has 0 unspecified atom stereocenters. The van der Waals surface area contributed by atoms with Gasteiger partial charge in [-0.3, -0.25) is 4.79 Å². The normalized spacial score (nSPS) is 12.4. The van der Waals surface area contributed by atoms with E-state index in [-0.39, 0.29) is 0 Å². The fraction of sp³-hybridized carbons (Fsp3) is 0.375. The van der Waals surface area contributed by atoms with E-state index in [0.717, 1.165) is 6.42 Å². The highest BCUT2D eigenvalue weighted by Gasteiger charge is 1.96. The highest BCUT2D eigenvalue weighted by Crippen LogP contribution is 1.96. The van der Waals surface area contributed by atoms with Gasteiger partial charge in [0.05, 0.1) is 0 Å². The Morgan fingerprint density at radius 3 is 2.55 bits per heavy atom. The van der Waals surface area contributed by atoms with Crippen LogP contribution in [0.1, 0.15) is 13.3 Å². The molecule has 1 amide bonds. The number of nitrogens with two attached hydrogens (primary N) is 2. The maximum Gasteiger partial charge on any atom is 0.248 e. The highest BCUT2D eigenvalue weighted by molar-refractivity contribution is 5.94. The first-order valence-electron chi connectivity index (χ1n) is 3.59. The van der Waals surface area contributed by atoms with Crippen molar-refractivity contribution in [2.75, 3.05) is 6.54 Å². The summed E-state index contributed by atoms with van der Waals surface area (Å²) in [5.41, 5.74) is 10.8. The Balaban J connectivity index is 4.23. The first kappa shape index (κ1) is 9.91. The lowest BCUT2D eigenvalue weighted by Crippen LogP contribution is -2.12. The molecule has 0 aromatic carbocycles. The molecule has 0 atom stereocenters. The molecular weight excluding hydrogens is 140 g/mol. The van der Waals surface area contributed by atoms with Crippen LogP contribution in [0.2, 0.25) is 0 Å². The summed E-state index contributed by atoms with van der Waals surface area (Å²) in [6.07, 6.45) is 5.92. The molecule has 0 aromatic rings. The maximum atomic E-state index is 10.7. The second-order valence-electron chi connectivity index (χ2n) is 2.07. The molecule has 0 saturated heterocycles. The van der Waals surface area contributed by atoms with E-state index in [4.69, 9.17) is 11.5 Å². The van der Waals surface area contributed by atoms with Crippen LogP contribution in [0.25, 0.3) is 0 Å². The SMILES string of the molecule is CC/C=C(\C=C/CN)C(N)=O. The van der Waals surface area contributed by atoms with Crippen LogP contribution in [0.5, 0.6) is 0 Å². The van der Waals surface area contributed by atoms with Gasteiger partial charge in [0.2, 0.25) is 5.91 Å². The van der Waals surface area contributed by atoms with E-state index in [1.54, 1.807) is 18.2 Å². The molecule has 0 spiro atoms. The smallest absolute Gasteiger partial charge is 0.248 e. The number of allylic oxidation sites excluding steroid dienone is 1. The predicted octanol–water partition coefficient (Wildman–Crippen LogP) is 0.323. The Hall–Kier alpha value is -1.09. The van der Waals surface area contributed by atoms with Crippen molar-refractivity contribution in [1.29, 1.82) is 0 Å². The van der Waals surface area contributed by atoms with Crippen molar-refractivity contribution < 1.29 is 4.79 Å². The zero-order valence-corrected chi connectivity index (χ0v) is 6.71. The first-order chi connectivity index (χ1) is 5.22. The van der Waals surface area contributed by atoms with Crippen molar-refractivity contribution >= 4 is 5.91 Å². The van der Waals surface area contributed by atoms with Gasteiger partial charge in [-0.05, 0) is 6.42 Å². The molecule has 0 fully saturated rings. The molecule has 0 bridgehead atoms. The minimum absolute atomic E-state index is 0.406. The van der Waals surface area contributed by atoms with Gasteiger partial charge in [-0.25, -0.2) is 0 Å². The second kappa shape index (κ2) is 5.68. The van der Waals surface area contributed by atoms with Gasteiger partial charge in [-0.15, -0.1) is 0 Å². The number of amides is 1. The third kappa shape index (κ3) is 4.33. The van der Waals surface area contributed by atoms with Crippen molar-refractivity contribution in [3.8, 4) is 0 Å². The van der Waals surface area contributed by atoms with E-state index in [2.05, 4.69) is 0 Å². The van der Waals surface area contributed by atoms with Gasteiger partial charge in [-0.1, -0.05) is 25.2 Å². The Bertz CT molecular complexity index is 183. The second-order valence-corrected chi connectivity index (χ2v) is 2.07. The average Bonchev–Trinajstić information content (AvgIpc) is 1.97. The molecule has 3 heteroatoms. The monoisotopic (exact) mass is 154 g/mol. The standard InChI is InChI=1S/C8H14N2O/c1-2-4-7(8(10)11)5-3-6-9/h3-5H,2,6,9H2,1H3,(H2,10,11)/b5-3-,7-4+. The molecule has 0 aliphatic heterocycles. The van der Waals surface area contributed by atoms with E-state index in [1.807, 2.05) is 6.92 Å². The third-order valence-electron chi connectivity index (χ3n) is 1.14.